The number of nitriles is 1. The van der Waals surface area contributed by atoms with Crippen LogP contribution in [0.2, 0.25) is 0 Å². The van der Waals surface area contributed by atoms with Gasteiger partial charge in [-0.05, 0) is 13.8 Å². The van der Waals surface area contributed by atoms with Gasteiger partial charge in [0.25, 0.3) is 0 Å². The Balaban J connectivity index is 1.62. The van der Waals surface area contributed by atoms with Gasteiger partial charge in [0.1, 0.15) is 11.9 Å². The van der Waals surface area contributed by atoms with Gasteiger partial charge in [-0.15, -0.1) is 5.10 Å². The molecular weight excluding hydrogens is 320 g/mol. The van der Waals surface area contributed by atoms with E-state index >= 15 is 0 Å². The number of nitrogens with zero attached hydrogens (tertiary/aromatic N) is 5. The number of hydrogen-bond acceptors (Lipinski definition) is 9. The van der Waals surface area contributed by atoms with Crippen molar-refractivity contribution in [3.05, 3.63) is 29.8 Å². The average molecular weight is 340 g/mol. The Morgan fingerprint density at radius 2 is 2.20 bits per heavy atom. The molecule has 0 spiro atoms. The molecule has 3 heterocycles. The summed E-state index contributed by atoms with van der Waals surface area (Å²) in [4.78, 5) is 8.07. The molecule has 9 nitrogen and oxygen atoms in total. The first-order valence-electron chi connectivity index (χ1n) is 8.06. The Labute approximate surface area is 145 Å². The van der Waals surface area contributed by atoms with E-state index < -0.39 is 0 Å². The van der Waals surface area contributed by atoms with Gasteiger partial charge >= 0.3 is 0 Å². The summed E-state index contributed by atoms with van der Waals surface area (Å²) in [6.07, 6.45) is 3.00. The molecule has 0 bridgehead atoms. The zero-order valence-electron chi connectivity index (χ0n) is 14.2. The maximum atomic E-state index is 8.75. The van der Waals surface area contributed by atoms with E-state index in [9.17, 15) is 0 Å². The van der Waals surface area contributed by atoms with E-state index in [0.717, 1.165) is 17.9 Å². The highest BCUT2D eigenvalue weighted by Gasteiger charge is 2.18. The predicted molar refractivity (Wildman–Crippen MR) is 92.5 cm³/mol. The van der Waals surface area contributed by atoms with E-state index in [1.165, 1.54) is 12.4 Å². The van der Waals surface area contributed by atoms with Crippen LogP contribution in [0.25, 0.3) is 0 Å². The lowest BCUT2D eigenvalue weighted by molar-refractivity contribution is 0.0162. The van der Waals surface area contributed by atoms with E-state index in [4.69, 9.17) is 10.00 Å². The molecule has 1 aliphatic heterocycles. The molecule has 3 N–H and O–H groups in total. The highest BCUT2D eigenvalue weighted by molar-refractivity contribution is 5.59. The van der Waals surface area contributed by atoms with Crippen LogP contribution in [-0.2, 0) is 4.74 Å². The molecule has 3 rings (SSSR count). The Kier molecular flexibility index (Phi) is 5.33. The average Bonchev–Trinajstić information content (AvgIpc) is 2.64. The first kappa shape index (κ1) is 17.0. The SMILES string of the molecule is Cc1nnc(Nc2cnc(C#N)cn2)cc1NCC1CNC(C)CO1. The zero-order valence-corrected chi connectivity index (χ0v) is 14.2. The van der Waals surface area contributed by atoms with Crippen LogP contribution in [0.5, 0.6) is 0 Å². The van der Waals surface area contributed by atoms with Gasteiger partial charge in [0, 0.05) is 25.2 Å². The van der Waals surface area contributed by atoms with Crippen LogP contribution < -0.4 is 16.0 Å². The van der Waals surface area contributed by atoms with E-state index in [0.29, 0.717) is 30.8 Å². The Hall–Kier alpha value is -2.83. The van der Waals surface area contributed by atoms with Gasteiger partial charge in [-0.25, -0.2) is 9.97 Å². The molecular formula is C16H20N8O. The Bertz CT molecular complexity index is 750. The van der Waals surface area contributed by atoms with Crippen LogP contribution in [0.4, 0.5) is 17.3 Å². The lowest BCUT2D eigenvalue weighted by Crippen LogP contribution is -2.47. The lowest BCUT2D eigenvalue weighted by atomic mass is 10.2. The molecule has 0 aromatic carbocycles. The van der Waals surface area contributed by atoms with Gasteiger partial charge in [-0.3, -0.25) is 0 Å². The third-order valence-corrected chi connectivity index (χ3v) is 3.80. The maximum Gasteiger partial charge on any atom is 0.158 e. The molecule has 0 aliphatic carbocycles. The molecule has 2 aromatic heterocycles. The minimum atomic E-state index is 0.115. The Morgan fingerprint density at radius 3 is 2.88 bits per heavy atom. The van der Waals surface area contributed by atoms with Gasteiger partial charge in [-0.1, -0.05) is 0 Å². The number of rotatable bonds is 5. The number of aromatic nitrogens is 4. The maximum absolute atomic E-state index is 8.75. The fraction of sp³-hybridized carbons (Fsp3) is 0.438. The summed E-state index contributed by atoms with van der Waals surface area (Å²) in [5.74, 6) is 1.04. The first-order chi connectivity index (χ1) is 12.1. The third kappa shape index (κ3) is 4.59. The van der Waals surface area contributed by atoms with Crippen LogP contribution in [-0.4, -0.2) is 52.0 Å². The fourth-order valence-electron chi connectivity index (χ4n) is 2.36. The van der Waals surface area contributed by atoms with Gasteiger partial charge in [-0.2, -0.15) is 10.4 Å². The molecule has 130 valence electrons. The summed E-state index contributed by atoms with van der Waals surface area (Å²) in [7, 11) is 0. The van der Waals surface area contributed by atoms with Gasteiger partial charge in [0.2, 0.25) is 0 Å². The largest absolute Gasteiger partial charge is 0.381 e. The molecule has 2 atom stereocenters. The van der Waals surface area contributed by atoms with Crippen LogP contribution in [0.1, 0.15) is 18.3 Å². The number of morpholine rings is 1. The number of nitrogens with one attached hydrogen (secondary N) is 3. The molecule has 0 radical (unpaired) electrons. The molecule has 0 saturated carbocycles. The second kappa shape index (κ2) is 7.83. The summed E-state index contributed by atoms with van der Waals surface area (Å²) in [6.45, 7) is 6.21. The van der Waals surface area contributed by atoms with Crippen molar-refractivity contribution in [3.63, 3.8) is 0 Å². The van der Waals surface area contributed by atoms with Crippen molar-refractivity contribution in [2.75, 3.05) is 30.3 Å². The van der Waals surface area contributed by atoms with Crippen molar-refractivity contribution in [3.8, 4) is 6.07 Å². The second-order valence-electron chi connectivity index (χ2n) is 5.90. The second-order valence-corrected chi connectivity index (χ2v) is 5.90. The lowest BCUT2D eigenvalue weighted by Gasteiger charge is -2.28. The minimum Gasteiger partial charge on any atom is -0.381 e. The summed E-state index contributed by atoms with van der Waals surface area (Å²) in [6, 6.07) is 4.18. The van der Waals surface area contributed by atoms with Crippen LogP contribution in [0.3, 0.4) is 0 Å². The van der Waals surface area contributed by atoms with E-state index in [1.807, 2.05) is 19.1 Å². The molecule has 9 heteroatoms. The molecule has 0 amide bonds. The van der Waals surface area contributed by atoms with E-state index in [2.05, 4.69) is 43.0 Å². The normalized spacial score (nSPS) is 19.9. The molecule has 1 fully saturated rings. The summed E-state index contributed by atoms with van der Waals surface area (Å²) in [5, 5.41) is 26.8. The van der Waals surface area contributed by atoms with Crippen LogP contribution in [0.15, 0.2) is 18.5 Å². The van der Waals surface area contributed by atoms with E-state index in [1.54, 1.807) is 0 Å². The number of ether oxygens (including phenoxy) is 1. The van der Waals surface area contributed by atoms with Gasteiger partial charge in [0.15, 0.2) is 11.5 Å². The monoisotopic (exact) mass is 340 g/mol. The Morgan fingerprint density at radius 1 is 1.32 bits per heavy atom. The van der Waals surface area contributed by atoms with Crippen molar-refractivity contribution in [1.82, 2.24) is 25.5 Å². The van der Waals surface area contributed by atoms with E-state index in [-0.39, 0.29) is 11.8 Å². The molecule has 2 unspecified atom stereocenters. The molecule has 1 saturated heterocycles. The topological polar surface area (TPSA) is 121 Å². The quantitative estimate of drug-likeness (QED) is 0.731. The van der Waals surface area contributed by atoms with Crippen LogP contribution >= 0.6 is 0 Å². The third-order valence-electron chi connectivity index (χ3n) is 3.80. The number of aryl methyl sites for hydroxylation is 1. The fourth-order valence-corrected chi connectivity index (χ4v) is 2.36. The number of anilines is 3. The van der Waals surface area contributed by atoms with Gasteiger partial charge in [0.05, 0.1) is 36.5 Å². The summed E-state index contributed by atoms with van der Waals surface area (Å²) in [5.41, 5.74) is 1.94. The van der Waals surface area contributed by atoms with Gasteiger partial charge < -0.3 is 20.7 Å². The van der Waals surface area contributed by atoms with Crippen molar-refractivity contribution in [2.24, 2.45) is 0 Å². The highest BCUT2D eigenvalue weighted by atomic mass is 16.5. The van der Waals surface area contributed by atoms with Crippen LogP contribution in [0, 0.1) is 18.3 Å². The highest BCUT2D eigenvalue weighted by Crippen LogP contribution is 2.18. The zero-order chi connectivity index (χ0) is 17.6. The predicted octanol–water partition coefficient (Wildman–Crippen LogP) is 0.979. The van der Waals surface area contributed by atoms with Crippen molar-refractivity contribution < 1.29 is 4.74 Å². The number of hydrogen-bond donors (Lipinski definition) is 3. The smallest absolute Gasteiger partial charge is 0.158 e. The van der Waals surface area contributed by atoms with Crippen molar-refractivity contribution in [1.29, 1.82) is 5.26 Å². The summed E-state index contributed by atoms with van der Waals surface area (Å²) < 4.78 is 5.78. The van der Waals surface area contributed by atoms with Crippen molar-refractivity contribution >= 4 is 17.3 Å². The summed E-state index contributed by atoms with van der Waals surface area (Å²) >= 11 is 0. The molecule has 2 aromatic rings. The first-order valence-corrected chi connectivity index (χ1v) is 8.06. The molecule has 1 aliphatic rings. The van der Waals surface area contributed by atoms with Crippen molar-refractivity contribution in [2.45, 2.75) is 26.0 Å². The minimum absolute atomic E-state index is 0.115. The standard InChI is InChI=1S/C16H20N8O/c1-10-9-25-13(6-18-10)7-20-14-3-15(24-23-11(14)2)22-16-8-19-12(4-17)5-21-16/h3,5,8,10,13,18H,6-7,9H2,1-2H3,(H2,20,21,22,24). The molecule has 25 heavy (non-hydrogen) atoms.